The van der Waals surface area contributed by atoms with E-state index in [1.165, 1.54) is 0 Å². The Bertz CT molecular complexity index is 690. The molecule has 1 N–H and O–H groups in total. The molecule has 2 aromatic rings. The predicted molar refractivity (Wildman–Crippen MR) is 94.4 cm³/mol. The molecule has 7 heteroatoms. The number of aromatic nitrogens is 1. The number of nitrogens with zero attached hydrogens (tertiary/aromatic N) is 2. The fourth-order valence-corrected chi connectivity index (χ4v) is 3.69. The minimum atomic E-state index is -0.138. The Labute approximate surface area is 145 Å². The molecule has 0 radical (unpaired) electrons. The van der Waals surface area contributed by atoms with Gasteiger partial charge in [-0.05, 0) is 25.0 Å². The normalized spacial score (nSPS) is 16.9. The minimum absolute atomic E-state index is 0.138. The van der Waals surface area contributed by atoms with Gasteiger partial charge in [0.25, 0.3) is 5.91 Å². The molecule has 128 valence electrons. The standard InChI is InChI=1S/C17H21N3O3S/c1-22-13-5-6-14(15(10-13)23-2)16(21)19-11-12-4-3-8-20(12)17-18-7-9-24-17/h5-7,9-10,12H,3-4,8,11H2,1-2H3,(H,19,21). The quantitative estimate of drug-likeness (QED) is 0.870. The van der Waals surface area contributed by atoms with E-state index >= 15 is 0 Å². The van der Waals surface area contributed by atoms with Gasteiger partial charge in [-0.15, -0.1) is 11.3 Å². The van der Waals surface area contributed by atoms with Gasteiger partial charge in [0, 0.05) is 36.8 Å². The Kier molecular flexibility index (Phi) is 5.20. The summed E-state index contributed by atoms with van der Waals surface area (Å²) in [6.45, 7) is 1.58. The van der Waals surface area contributed by atoms with Crippen LogP contribution in [0.15, 0.2) is 29.8 Å². The van der Waals surface area contributed by atoms with E-state index < -0.39 is 0 Å². The zero-order valence-corrected chi connectivity index (χ0v) is 14.6. The van der Waals surface area contributed by atoms with E-state index in [2.05, 4.69) is 15.2 Å². The number of carbonyl (C=O) groups is 1. The summed E-state index contributed by atoms with van der Waals surface area (Å²) in [5.41, 5.74) is 0.511. The van der Waals surface area contributed by atoms with E-state index in [1.807, 2.05) is 11.6 Å². The van der Waals surface area contributed by atoms with Crippen molar-refractivity contribution < 1.29 is 14.3 Å². The number of methoxy groups -OCH3 is 2. The highest BCUT2D eigenvalue weighted by atomic mass is 32.1. The SMILES string of the molecule is COc1ccc(C(=O)NCC2CCCN2c2nccs2)c(OC)c1. The van der Waals surface area contributed by atoms with Gasteiger partial charge >= 0.3 is 0 Å². The van der Waals surface area contributed by atoms with E-state index in [9.17, 15) is 4.79 Å². The summed E-state index contributed by atoms with van der Waals surface area (Å²) >= 11 is 1.63. The number of anilines is 1. The van der Waals surface area contributed by atoms with Crippen LogP contribution in [0.25, 0.3) is 0 Å². The second kappa shape index (κ2) is 7.53. The molecule has 0 saturated carbocycles. The Morgan fingerprint density at radius 1 is 1.42 bits per heavy atom. The Balaban J connectivity index is 1.65. The second-order valence-electron chi connectivity index (χ2n) is 5.58. The van der Waals surface area contributed by atoms with Crippen molar-refractivity contribution in [1.29, 1.82) is 0 Å². The van der Waals surface area contributed by atoms with Gasteiger partial charge in [-0.3, -0.25) is 4.79 Å². The number of hydrogen-bond acceptors (Lipinski definition) is 6. The zero-order valence-electron chi connectivity index (χ0n) is 13.8. The number of thiazole rings is 1. The first-order valence-electron chi connectivity index (χ1n) is 7.89. The number of carbonyl (C=O) groups excluding carboxylic acids is 1. The third-order valence-corrected chi connectivity index (χ3v) is 5.00. The lowest BCUT2D eigenvalue weighted by molar-refractivity contribution is 0.0948. The van der Waals surface area contributed by atoms with Gasteiger partial charge in [0.05, 0.1) is 19.8 Å². The fraction of sp³-hybridized carbons (Fsp3) is 0.412. The topological polar surface area (TPSA) is 63.7 Å². The van der Waals surface area contributed by atoms with Crippen molar-refractivity contribution in [3.63, 3.8) is 0 Å². The Morgan fingerprint density at radius 3 is 3.00 bits per heavy atom. The molecule has 24 heavy (non-hydrogen) atoms. The van der Waals surface area contributed by atoms with E-state index in [1.54, 1.807) is 43.8 Å². The molecule has 1 aromatic heterocycles. The smallest absolute Gasteiger partial charge is 0.255 e. The van der Waals surface area contributed by atoms with Crippen LogP contribution in [0.3, 0.4) is 0 Å². The first kappa shape index (κ1) is 16.6. The van der Waals surface area contributed by atoms with E-state index in [4.69, 9.17) is 9.47 Å². The van der Waals surface area contributed by atoms with Crippen molar-refractivity contribution in [3.8, 4) is 11.5 Å². The van der Waals surface area contributed by atoms with Crippen LogP contribution in [-0.4, -0.2) is 44.2 Å². The molecule has 6 nitrogen and oxygen atoms in total. The molecule has 0 aliphatic carbocycles. The second-order valence-corrected chi connectivity index (χ2v) is 6.45. The van der Waals surface area contributed by atoms with Crippen LogP contribution < -0.4 is 19.7 Å². The van der Waals surface area contributed by atoms with Crippen LogP contribution in [0.5, 0.6) is 11.5 Å². The summed E-state index contributed by atoms with van der Waals surface area (Å²) in [6, 6.07) is 5.48. The summed E-state index contributed by atoms with van der Waals surface area (Å²) in [7, 11) is 3.13. The molecule has 1 aliphatic rings. The first-order valence-corrected chi connectivity index (χ1v) is 8.77. The number of nitrogens with one attached hydrogen (secondary N) is 1. The molecule has 3 rings (SSSR count). The minimum Gasteiger partial charge on any atom is -0.497 e. The van der Waals surface area contributed by atoms with E-state index in [0.29, 0.717) is 23.6 Å². The number of rotatable bonds is 6. The van der Waals surface area contributed by atoms with Crippen molar-refractivity contribution in [2.75, 3.05) is 32.2 Å². The largest absolute Gasteiger partial charge is 0.497 e. The van der Waals surface area contributed by atoms with Gasteiger partial charge in [0.2, 0.25) is 0 Å². The molecule has 0 bridgehead atoms. The highest BCUT2D eigenvalue weighted by Gasteiger charge is 2.27. The van der Waals surface area contributed by atoms with Crippen LogP contribution >= 0.6 is 11.3 Å². The van der Waals surface area contributed by atoms with Crippen molar-refractivity contribution in [1.82, 2.24) is 10.3 Å². The zero-order chi connectivity index (χ0) is 16.9. The van der Waals surface area contributed by atoms with Crippen LogP contribution in [0.1, 0.15) is 23.2 Å². The number of ether oxygens (including phenoxy) is 2. The van der Waals surface area contributed by atoms with Gasteiger partial charge in [0.1, 0.15) is 11.5 Å². The van der Waals surface area contributed by atoms with Crippen molar-refractivity contribution in [3.05, 3.63) is 35.3 Å². The molecule has 1 fully saturated rings. The summed E-state index contributed by atoms with van der Waals surface area (Å²) in [5.74, 6) is 1.03. The van der Waals surface area contributed by atoms with Crippen LogP contribution in [-0.2, 0) is 0 Å². The van der Waals surface area contributed by atoms with Gasteiger partial charge in [0.15, 0.2) is 5.13 Å². The molecule has 1 aromatic carbocycles. The van der Waals surface area contributed by atoms with Crippen LogP contribution in [0, 0.1) is 0 Å². The number of benzene rings is 1. The third-order valence-electron chi connectivity index (χ3n) is 4.19. The summed E-state index contributed by atoms with van der Waals surface area (Å²) in [6.07, 6.45) is 3.99. The molecular weight excluding hydrogens is 326 g/mol. The monoisotopic (exact) mass is 347 g/mol. The first-order chi connectivity index (χ1) is 11.7. The summed E-state index contributed by atoms with van der Waals surface area (Å²) in [5, 5.41) is 6.02. The molecule has 1 amide bonds. The van der Waals surface area contributed by atoms with Crippen LogP contribution in [0.4, 0.5) is 5.13 Å². The molecular formula is C17H21N3O3S. The maximum Gasteiger partial charge on any atom is 0.255 e. The van der Waals surface area contributed by atoms with Crippen molar-refractivity contribution >= 4 is 22.4 Å². The van der Waals surface area contributed by atoms with E-state index in [-0.39, 0.29) is 11.9 Å². The highest BCUT2D eigenvalue weighted by molar-refractivity contribution is 7.13. The van der Waals surface area contributed by atoms with Gasteiger partial charge in [-0.2, -0.15) is 0 Å². The van der Waals surface area contributed by atoms with Gasteiger partial charge in [-0.25, -0.2) is 4.98 Å². The summed E-state index contributed by atoms with van der Waals surface area (Å²) in [4.78, 5) is 19.2. The lowest BCUT2D eigenvalue weighted by Gasteiger charge is -2.24. The Morgan fingerprint density at radius 2 is 2.29 bits per heavy atom. The predicted octanol–water partition coefficient (Wildman–Crippen LogP) is 2.56. The van der Waals surface area contributed by atoms with Crippen LogP contribution in [0.2, 0.25) is 0 Å². The fourth-order valence-electron chi connectivity index (χ4n) is 2.95. The maximum atomic E-state index is 12.5. The highest BCUT2D eigenvalue weighted by Crippen LogP contribution is 2.27. The molecule has 1 unspecified atom stereocenters. The third kappa shape index (κ3) is 3.46. The van der Waals surface area contributed by atoms with Crippen molar-refractivity contribution in [2.24, 2.45) is 0 Å². The average molecular weight is 347 g/mol. The molecule has 0 spiro atoms. The summed E-state index contributed by atoms with van der Waals surface area (Å²) < 4.78 is 10.5. The van der Waals surface area contributed by atoms with Gasteiger partial charge < -0.3 is 19.7 Å². The molecule has 2 heterocycles. The molecule has 1 atom stereocenters. The lowest BCUT2D eigenvalue weighted by Crippen LogP contribution is -2.40. The lowest BCUT2D eigenvalue weighted by atomic mass is 10.1. The molecule has 1 saturated heterocycles. The Hall–Kier alpha value is -2.28. The number of hydrogen-bond donors (Lipinski definition) is 1. The molecule has 1 aliphatic heterocycles. The van der Waals surface area contributed by atoms with E-state index in [0.717, 1.165) is 24.5 Å². The average Bonchev–Trinajstić information content (AvgIpc) is 3.29. The van der Waals surface area contributed by atoms with Gasteiger partial charge in [-0.1, -0.05) is 0 Å². The number of amides is 1. The van der Waals surface area contributed by atoms with Crippen molar-refractivity contribution in [2.45, 2.75) is 18.9 Å². The maximum absolute atomic E-state index is 12.5.